The maximum atomic E-state index is 13.2. The molecule has 106 valence electrons. The molecule has 0 saturated heterocycles. The van der Waals surface area contributed by atoms with E-state index in [9.17, 15) is 26.7 Å². The van der Waals surface area contributed by atoms with Crippen molar-refractivity contribution in [3.05, 3.63) is 29.1 Å². The van der Waals surface area contributed by atoms with Gasteiger partial charge in [-0.1, -0.05) is 0 Å². The van der Waals surface area contributed by atoms with E-state index in [1.54, 1.807) is 0 Å². The number of rotatable bonds is 4. The van der Waals surface area contributed by atoms with E-state index in [4.69, 9.17) is 0 Å². The number of carbonyl (C=O) groups is 1. The predicted octanol–water partition coefficient (Wildman–Crippen LogP) is 2.71. The van der Waals surface area contributed by atoms with Gasteiger partial charge in [0.05, 0.1) is 6.61 Å². The molecule has 0 aliphatic heterocycles. The molecule has 0 aromatic heterocycles. The van der Waals surface area contributed by atoms with Gasteiger partial charge in [-0.3, -0.25) is 0 Å². The molecular weight excluding hydrogens is 275 g/mol. The summed E-state index contributed by atoms with van der Waals surface area (Å²) in [5.41, 5.74) is 0. The first-order valence-electron chi connectivity index (χ1n) is 5.15. The second-order valence-electron chi connectivity index (χ2n) is 3.41. The molecule has 1 rings (SSSR count). The van der Waals surface area contributed by atoms with Gasteiger partial charge in [-0.2, -0.15) is 8.78 Å². The van der Waals surface area contributed by atoms with Crippen LogP contribution in [0.1, 0.15) is 13.8 Å². The Balaban J connectivity index is 3.12. The molecule has 0 heterocycles. The van der Waals surface area contributed by atoms with E-state index >= 15 is 0 Å². The second-order valence-corrected chi connectivity index (χ2v) is 3.41. The van der Waals surface area contributed by atoms with Crippen LogP contribution in [-0.2, 0) is 9.53 Å². The largest absolute Gasteiger partial charge is 0.473 e. The van der Waals surface area contributed by atoms with Crippen molar-refractivity contribution in [2.24, 2.45) is 0 Å². The fraction of sp³-hybridized carbons (Fsp3) is 0.364. The maximum Gasteiger partial charge on any atom is 0.347 e. The summed E-state index contributed by atoms with van der Waals surface area (Å²) in [5, 5.41) is 0. The SMILES string of the molecule is CCOC(=O)[C@H](C)Oc1c(F)c(F)c(F)c(F)c1F. The van der Waals surface area contributed by atoms with Crippen LogP contribution in [-0.4, -0.2) is 18.7 Å². The number of carbonyl (C=O) groups excluding carboxylic acids is 1. The van der Waals surface area contributed by atoms with Gasteiger partial charge in [-0.05, 0) is 13.8 Å². The third-order valence-corrected chi connectivity index (χ3v) is 2.08. The van der Waals surface area contributed by atoms with Crippen molar-refractivity contribution >= 4 is 5.97 Å². The number of esters is 1. The molecule has 8 heteroatoms. The Kier molecular flexibility index (Phi) is 4.68. The van der Waals surface area contributed by atoms with Gasteiger partial charge in [-0.15, -0.1) is 0 Å². The highest BCUT2D eigenvalue weighted by atomic mass is 19.2. The molecule has 1 aromatic carbocycles. The summed E-state index contributed by atoms with van der Waals surface area (Å²) >= 11 is 0. The van der Waals surface area contributed by atoms with Gasteiger partial charge in [-0.25, -0.2) is 18.0 Å². The first kappa shape index (κ1) is 15.2. The van der Waals surface area contributed by atoms with Crippen LogP contribution in [0.25, 0.3) is 0 Å². The van der Waals surface area contributed by atoms with Crippen LogP contribution in [0.15, 0.2) is 0 Å². The Morgan fingerprint density at radius 3 is 1.84 bits per heavy atom. The minimum absolute atomic E-state index is 0.0242. The van der Waals surface area contributed by atoms with E-state index in [2.05, 4.69) is 9.47 Å². The Morgan fingerprint density at radius 2 is 1.42 bits per heavy atom. The molecular formula is C11H9F5O3. The standard InChI is InChI=1S/C11H9F5O3/c1-3-18-11(17)4(2)19-10-8(15)6(13)5(12)7(14)9(10)16/h4H,3H2,1-2H3/t4-/m0/s1. The molecule has 0 N–H and O–H groups in total. The zero-order valence-electron chi connectivity index (χ0n) is 9.90. The van der Waals surface area contributed by atoms with Crippen LogP contribution >= 0.6 is 0 Å². The third-order valence-electron chi connectivity index (χ3n) is 2.08. The molecule has 3 nitrogen and oxygen atoms in total. The smallest absolute Gasteiger partial charge is 0.347 e. The number of benzene rings is 1. The maximum absolute atomic E-state index is 13.2. The van der Waals surface area contributed by atoms with Crippen molar-refractivity contribution < 1.29 is 36.2 Å². The molecule has 19 heavy (non-hydrogen) atoms. The molecule has 0 saturated carbocycles. The van der Waals surface area contributed by atoms with Gasteiger partial charge >= 0.3 is 5.97 Å². The van der Waals surface area contributed by atoms with Gasteiger partial charge in [0.1, 0.15) is 0 Å². The minimum atomic E-state index is -2.30. The quantitative estimate of drug-likeness (QED) is 0.369. The molecule has 0 unspecified atom stereocenters. The van der Waals surface area contributed by atoms with Gasteiger partial charge in [0.25, 0.3) is 0 Å². The average Bonchev–Trinajstić information content (AvgIpc) is 2.39. The van der Waals surface area contributed by atoms with Crippen molar-refractivity contribution in [1.82, 2.24) is 0 Å². The number of halogens is 5. The molecule has 1 atom stereocenters. The zero-order chi connectivity index (χ0) is 14.7. The second kappa shape index (κ2) is 5.85. The summed E-state index contributed by atoms with van der Waals surface area (Å²) in [6, 6.07) is 0. The summed E-state index contributed by atoms with van der Waals surface area (Å²) < 4.78 is 73.8. The van der Waals surface area contributed by atoms with E-state index in [-0.39, 0.29) is 6.61 Å². The fourth-order valence-electron chi connectivity index (χ4n) is 1.17. The van der Waals surface area contributed by atoms with E-state index in [1.807, 2.05) is 0 Å². The molecule has 0 radical (unpaired) electrons. The first-order chi connectivity index (χ1) is 8.81. The van der Waals surface area contributed by atoms with Crippen molar-refractivity contribution in [2.45, 2.75) is 20.0 Å². The average molecular weight is 284 g/mol. The lowest BCUT2D eigenvalue weighted by atomic mass is 10.2. The topological polar surface area (TPSA) is 35.5 Å². The Labute approximate surface area is 104 Å². The Bertz CT molecular complexity index is 475. The molecule has 0 amide bonds. The predicted molar refractivity (Wildman–Crippen MR) is 53.0 cm³/mol. The fourth-order valence-corrected chi connectivity index (χ4v) is 1.17. The number of ether oxygens (including phenoxy) is 2. The molecule has 0 aliphatic carbocycles. The van der Waals surface area contributed by atoms with Crippen LogP contribution in [0.5, 0.6) is 5.75 Å². The van der Waals surface area contributed by atoms with Crippen LogP contribution in [0.4, 0.5) is 22.0 Å². The molecule has 0 aliphatic rings. The molecule has 1 aromatic rings. The molecule has 0 bridgehead atoms. The van der Waals surface area contributed by atoms with Crippen molar-refractivity contribution in [3.8, 4) is 5.75 Å². The summed E-state index contributed by atoms with van der Waals surface area (Å²) in [6.07, 6.45) is -1.52. The Morgan fingerprint density at radius 1 is 1.00 bits per heavy atom. The van der Waals surface area contributed by atoms with Gasteiger partial charge in [0, 0.05) is 0 Å². The van der Waals surface area contributed by atoms with Gasteiger partial charge in [0.15, 0.2) is 11.9 Å². The van der Waals surface area contributed by atoms with Crippen molar-refractivity contribution in [2.75, 3.05) is 6.61 Å². The number of hydrogen-bond donors (Lipinski definition) is 0. The normalized spacial score (nSPS) is 12.2. The highest BCUT2D eigenvalue weighted by Crippen LogP contribution is 2.29. The zero-order valence-corrected chi connectivity index (χ0v) is 9.90. The lowest BCUT2D eigenvalue weighted by molar-refractivity contribution is -0.150. The highest BCUT2D eigenvalue weighted by molar-refractivity contribution is 5.74. The first-order valence-corrected chi connectivity index (χ1v) is 5.15. The third kappa shape index (κ3) is 2.94. The van der Waals surface area contributed by atoms with E-state index in [0.29, 0.717) is 0 Å². The summed E-state index contributed by atoms with van der Waals surface area (Å²) in [6.45, 7) is 2.50. The summed E-state index contributed by atoms with van der Waals surface area (Å²) in [4.78, 5) is 11.2. The van der Waals surface area contributed by atoms with Crippen molar-refractivity contribution in [3.63, 3.8) is 0 Å². The molecule has 0 spiro atoms. The van der Waals surface area contributed by atoms with Crippen LogP contribution in [0.3, 0.4) is 0 Å². The monoisotopic (exact) mass is 284 g/mol. The number of hydrogen-bond acceptors (Lipinski definition) is 3. The van der Waals surface area contributed by atoms with Gasteiger partial charge in [0.2, 0.25) is 29.1 Å². The highest BCUT2D eigenvalue weighted by Gasteiger charge is 2.29. The van der Waals surface area contributed by atoms with E-state index < -0.39 is 46.9 Å². The van der Waals surface area contributed by atoms with Crippen LogP contribution in [0, 0.1) is 29.1 Å². The van der Waals surface area contributed by atoms with E-state index in [1.165, 1.54) is 6.92 Å². The van der Waals surface area contributed by atoms with Crippen LogP contribution < -0.4 is 4.74 Å². The minimum Gasteiger partial charge on any atom is -0.473 e. The van der Waals surface area contributed by atoms with Gasteiger partial charge < -0.3 is 9.47 Å². The summed E-state index contributed by atoms with van der Waals surface area (Å²) in [7, 11) is 0. The van der Waals surface area contributed by atoms with Crippen molar-refractivity contribution in [1.29, 1.82) is 0 Å². The summed E-state index contributed by atoms with van der Waals surface area (Å²) in [5.74, 6) is -13.4. The Hall–Kier alpha value is -1.86. The van der Waals surface area contributed by atoms with Crippen LogP contribution in [0.2, 0.25) is 0 Å². The molecule has 0 fully saturated rings. The lowest BCUT2D eigenvalue weighted by Crippen LogP contribution is -2.27. The lowest BCUT2D eigenvalue weighted by Gasteiger charge is -2.15. The van der Waals surface area contributed by atoms with E-state index in [0.717, 1.165) is 6.92 Å².